The molecule has 26 nitrogen and oxygen atoms in total. The number of carbonyl (C=O) groups is 5. The van der Waals surface area contributed by atoms with Gasteiger partial charge in [0, 0.05) is 49.7 Å². The van der Waals surface area contributed by atoms with Crippen LogP contribution in [0.25, 0.3) is 0 Å². The van der Waals surface area contributed by atoms with Crippen molar-refractivity contribution >= 4 is 30.0 Å². The summed E-state index contributed by atoms with van der Waals surface area (Å²) in [7, 11) is 1.75. The van der Waals surface area contributed by atoms with Gasteiger partial charge in [-0.3, -0.25) is 14.4 Å². The first kappa shape index (κ1) is 106. The Hall–Kier alpha value is -5.73. The SMILES string of the molecule is CCC1O[C@@H](OC2[C@H](O[C@H]3CCC4(C)C5CC=C6C7CC(C)(C)CC[C@]7(C(=O)O[C@@H]7OC(COCc8ccccc8)[C@H](NC(=O)CCCCCNC(=O)OC(C)(C)C)C(C)C7O[C@@H]7OC(C)[C@H](O[C@@H]8OC[C@@H](OCc9ccccc9)C(OCc9ccccc9)C8C)C8OC(C)(C)OC87)C(OC)C[C@@]6(C)[C@@]5(C)CC[C@H]4[C@@]3(C)C=O)OC(C(C)=O)[C@@H](C)[C@@H]2O[C@@H]2OC[C@@H](C)[C@H](C)C2C)C(C)[C@@H](C)[C@H]1C. The largest absolute Gasteiger partial charge is 0.444 e. The molecule has 7 saturated heterocycles. The minimum atomic E-state index is -1.43. The second-order valence-electron chi connectivity index (χ2n) is 46.6. The second-order valence-corrected chi connectivity index (χ2v) is 46.6. The summed E-state index contributed by atoms with van der Waals surface area (Å²) in [5, 5.41) is 6.25. The monoisotopic (exact) mass is 1910 g/mol. The fourth-order valence-electron chi connectivity index (χ4n) is 26.8. The first-order valence-electron chi connectivity index (χ1n) is 52.1. The number of fused-ring (bicyclic) bond motifs is 8. The van der Waals surface area contributed by atoms with Crippen molar-refractivity contribution in [1.29, 1.82) is 0 Å². The maximum Gasteiger partial charge on any atom is 0.407 e. The summed E-state index contributed by atoms with van der Waals surface area (Å²) in [5.74, 6) is -2.72. The van der Waals surface area contributed by atoms with Crippen LogP contribution in [0.1, 0.15) is 266 Å². The average molecular weight is 1910 g/mol. The third-order valence-corrected chi connectivity index (χ3v) is 35.7. The van der Waals surface area contributed by atoms with Crippen LogP contribution < -0.4 is 10.6 Å². The van der Waals surface area contributed by atoms with E-state index in [1.807, 2.05) is 146 Å². The van der Waals surface area contributed by atoms with Gasteiger partial charge in [-0.25, -0.2) is 4.79 Å². The fourth-order valence-corrected chi connectivity index (χ4v) is 26.8. The van der Waals surface area contributed by atoms with Gasteiger partial charge < -0.3 is 105 Å². The van der Waals surface area contributed by atoms with Gasteiger partial charge in [-0.15, -0.1) is 0 Å². The molecule has 7 aliphatic heterocycles. The van der Waals surface area contributed by atoms with Crippen molar-refractivity contribution in [2.24, 2.45) is 104 Å². The van der Waals surface area contributed by atoms with Crippen LogP contribution in [-0.2, 0) is 129 Å². The lowest BCUT2D eigenvalue weighted by Gasteiger charge is -2.71. The third-order valence-electron chi connectivity index (χ3n) is 35.7. The van der Waals surface area contributed by atoms with Gasteiger partial charge in [-0.2, -0.15) is 0 Å². The highest BCUT2D eigenvalue weighted by Gasteiger charge is 2.74. The van der Waals surface area contributed by atoms with Crippen LogP contribution in [-0.4, -0.2) is 204 Å². The van der Waals surface area contributed by atoms with Gasteiger partial charge in [-0.05, 0) is 205 Å². The number of allylic oxidation sites excluding steroid dienone is 2. The van der Waals surface area contributed by atoms with E-state index in [4.69, 9.17) is 90.0 Å². The molecule has 5 aliphatic carbocycles. The van der Waals surface area contributed by atoms with Gasteiger partial charge in [0.15, 0.2) is 43.0 Å². The van der Waals surface area contributed by atoms with E-state index < -0.39 is 180 Å². The number of ether oxygens (including phenoxy) is 19. The molecule has 0 spiro atoms. The van der Waals surface area contributed by atoms with Crippen LogP contribution in [0.2, 0.25) is 0 Å². The van der Waals surface area contributed by atoms with Crippen molar-refractivity contribution < 1.29 is 114 Å². The highest BCUT2D eigenvalue weighted by atomic mass is 16.8. The van der Waals surface area contributed by atoms with E-state index in [9.17, 15) is 19.2 Å². The van der Waals surface area contributed by atoms with Gasteiger partial charge in [0.1, 0.15) is 66.1 Å². The molecule has 26 heteroatoms. The fraction of sp³-hybridized carbons (Fsp3) is 0.775. The van der Waals surface area contributed by atoms with Crippen LogP contribution in [0.3, 0.4) is 0 Å². The Bertz CT molecular complexity index is 4530. The summed E-state index contributed by atoms with van der Waals surface area (Å²) in [6.07, 6.45) is -4.02. The molecule has 17 unspecified atom stereocenters. The molecule has 3 aromatic rings. The van der Waals surface area contributed by atoms with Crippen LogP contribution in [0.15, 0.2) is 103 Å². The number of alkyl carbamates (subject to hydrolysis) is 1. The zero-order valence-corrected chi connectivity index (χ0v) is 86.5. The zero-order valence-electron chi connectivity index (χ0n) is 86.5. The molecule has 0 aromatic heterocycles. The number of ketones is 1. The molecule has 4 saturated carbocycles. The van der Waals surface area contributed by atoms with E-state index >= 15 is 4.79 Å². The lowest BCUT2D eigenvalue weighted by Crippen LogP contribution is -2.69. The van der Waals surface area contributed by atoms with Crippen LogP contribution in [0.5, 0.6) is 0 Å². The van der Waals surface area contributed by atoms with Crippen molar-refractivity contribution in [3.05, 3.63) is 119 Å². The number of unbranched alkanes of at least 4 members (excludes halogenated alkanes) is 2. The molecule has 0 bridgehead atoms. The number of carbonyl (C=O) groups excluding carboxylic acids is 5. The highest BCUT2D eigenvalue weighted by molar-refractivity contribution is 5.81. The molecule has 0 radical (unpaired) electrons. The Morgan fingerprint density at radius 3 is 1.82 bits per heavy atom. The van der Waals surface area contributed by atoms with Crippen molar-refractivity contribution in [3.8, 4) is 0 Å². The van der Waals surface area contributed by atoms with E-state index in [2.05, 4.69) is 114 Å². The number of amides is 2. The summed E-state index contributed by atoms with van der Waals surface area (Å²) in [4.78, 5) is 73.7. The molecule has 2 N–H and O–H groups in total. The second kappa shape index (κ2) is 43.3. The number of hydrogen-bond donors (Lipinski definition) is 2. The molecular weight excluding hydrogens is 1750 g/mol. The van der Waals surface area contributed by atoms with Crippen LogP contribution in [0.4, 0.5) is 4.79 Å². The van der Waals surface area contributed by atoms with Crippen molar-refractivity contribution in [3.63, 3.8) is 0 Å². The molecule has 11 fully saturated rings. The molecule has 3 aromatic carbocycles. The summed E-state index contributed by atoms with van der Waals surface area (Å²) in [6.45, 7) is 50.3. The molecule has 38 atom stereocenters. The smallest absolute Gasteiger partial charge is 0.407 e. The van der Waals surface area contributed by atoms with E-state index in [1.54, 1.807) is 14.0 Å². The maximum absolute atomic E-state index is 17.3. The Morgan fingerprint density at radius 2 is 1.17 bits per heavy atom. The van der Waals surface area contributed by atoms with E-state index in [0.29, 0.717) is 108 Å². The summed E-state index contributed by atoms with van der Waals surface area (Å²) < 4.78 is 133. The number of hydrogen-bond acceptors (Lipinski definition) is 24. The zero-order chi connectivity index (χ0) is 98.4. The van der Waals surface area contributed by atoms with Crippen LogP contribution in [0, 0.1) is 104 Å². The molecule has 15 rings (SSSR count). The number of methoxy groups -OCH3 is 1. The Labute approximate surface area is 816 Å². The Morgan fingerprint density at radius 1 is 0.547 bits per heavy atom. The first-order valence-corrected chi connectivity index (χ1v) is 52.1. The van der Waals surface area contributed by atoms with Crippen molar-refractivity contribution in [2.45, 2.75) is 410 Å². The minimum Gasteiger partial charge on any atom is -0.444 e. The molecule has 137 heavy (non-hydrogen) atoms. The van der Waals surface area contributed by atoms with Gasteiger partial charge >= 0.3 is 12.1 Å². The average Bonchev–Trinajstić information content (AvgIpc) is 0.900. The van der Waals surface area contributed by atoms with Crippen molar-refractivity contribution in [2.75, 3.05) is 33.5 Å². The number of aldehydes is 1. The normalized spacial score (nSPS) is 42.8. The molecule has 7 heterocycles. The van der Waals surface area contributed by atoms with E-state index in [-0.39, 0.29) is 96.3 Å². The van der Waals surface area contributed by atoms with E-state index in [1.165, 1.54) is 5.57 Å². The number of nitrogens with one attached hydrogen (secondary N) is 2. The molecular formula is C111H166N2O24. The quantitative estimate of drug-likeness (QED) is 0.0188. The number of esters is 1. The maximum atomic E-state index is 17.3. The number of rotatable bonds is 33. The third kappa shape index (κ3) is 22.0. The lowest BCUT2D eigenvalue weighted by molar-refractivity contribution is -0.374. The predicted octanol–water partition coefficient (Wildman–Crippen LogP) is 18.9. The number of Topliss-reactive ketones (excluding diaryl/α,β-unsaturated/α-hetero) is 1. The van der Waals surface area contributed by atoms with Gasteiger partial charge in [-0.1, -0.05) is 220 Å². The Kier molecular flexibility index (Phi) is 33.3. The summed E-state index contributed by atoms with van der Waals surface area (Å²) in [6, 6.07) is 29.2. The minimum absolute atomic E-state index is 0.00717. The predicted molar refractivity (Wildman–Crippen MR) is 514 cm³/mol. The van der Waals surface area contributed by atoms with Crippen LogP contribution >= 0.6 is 0 Å². The summed E-state index contributed by atoms with van der Waals surface area (Å²) in [5.41, 5.74) is -0.222. The van der Waals surface area contributed by atoms with Crippen molar-refractivity contribution in [1.82, 2.24) is 10.6 Å². The van der Waals surface area contributed by atoms with E-state index in [0.717, 1.165) is 42.2 Å². The van der Waals surface area contributed by atoms with Gasteiger partial charge in [0.25, 0.3) is 0 Å². The summed E-state index contributed by atoms with van der Waals surface area (Å²) >= 11 is 0. The topological polar surface area (TPSA) is 285 Å². The van der Waals surface area contributed by atoms with Gasteiger partial charge in [0.05, 0.1) is 87.7 Å². The van der Waals surface area contributed by atoms with Gasteiger partial charge in [0.2, 0.25) is 12.2 Å². The standard InChI is InChI=1S/C111H166N2O24/c1-25-79-66(5)65(4)68(7)98(126-79)133-94-90(130-96-67(6)64(3)63(2)56-123-96)70(9)88(72(11)115)129-100(94)128-84-48-49-107(20)82(108(84,21)62-114)47-50-109(22)83(107)46-45-77-78-54-105(16,17)51-52-111(78,85(119-24)55-110(77,109)23)102(117)134-99-91(69(8)87(80(127-99)60-120-57-74-38-30-26-31-39-74)113-86(116)44-36-29-37-53-112-103(118)137-104(13,14)15)131-101-95-93(135-106(18,19)136-95)92(73(12)125-101)132-97-71(10)89(122-59-76-42-34-28-35-43-76)81(61-124-97)121-58-75-40-32-27-33-41-75/h26-28,30-35,38-43,45,62-71,73,78-85,87-101H,25,29,36-37,44,46-61H2,1-24H3,(H,112,118)(H,113,116)/t63-,64+,65+,66-,67?,68?,69?,70-,71?,73?,78?,79?,80?,81-,82-,83?,84+,85?,87-,88?,89?,90+,91?,92+,93?,94?,95?,96+,97+,98+,99+,100-,101+,107?,108-,109+,110-,111-/m1/s1. The first-order chi connectivity index (χ1) is 65.0. The molecule has 764 valence electrons. The molecule has 2 amide bonds. The molecule has 12 aliphatic rings. The highest BCUT2D eigenvalue weighted by Crippen LogP contribution is 2.77. The Balaban J connectivity index is 0.727. The lowest BCUT2D eigenvalue weighted by atomic mass is 9.33. The number of benzene rings is 3.